The van der Waals surface area contributed by atoms with Crippen molar-refractivity contribution in [3.8, 4) is 0 Å². The van der Waals surface area contributed by atoms with Crippen molar-refractivity contribution < 1.29 is 14.7 Å². The largest absolute Gasteiger partial charge is 0.481 e. The predicted octanol–water partition coefficient (Wildman–Crippen LogP) is 0.198. The number of aromatic nitrogens is 1. The van der Waals surface area contributed by atoms with E-state index in [1.54, 1.807) is 6.07 Å². The zero-order valence-corrected chi connectivity index (χ0v) is 7.43. The second-order valence-corrected chi connectivity index (χ2v) is 2.76. The lowest BCUT2D eigenvalue weighted by Crippen LogP contribution is -2.15. The second-order valence-electron chi connectivity index (χ2n) is 2.76. The molecule has 0 aliphatic rings. The fraction of sp³-hybridized carbons (Fsp3) is 0.222. The Labute approximate surface area is 80.6 Å². The van der Waals surface area contributed by atoms with Crippen molar-refractivity contribution >= 4 is 11.9 Å². The van der Waals surface area contributed by atoms with Crippen molar-refractivity contribution in [2.75, 3.05) is 0 Å². The van der Waals surface area contributed by atoms with E-state index in [4.69, 9.17) is 10.8 Å². The molecule has 0 aliphatic heterocycles. The van der Waals surface area contributed by atoms with E-state index in [1.165, 1.54) is 12.3 Å². The molecule has 1 heterocycles. The maximum Gasteiger partial charge on any atom is 0.303 e. The Morgan fingerprint density at radius 1 is 1.50 bits per heavy atom. The number of hydrogen-bond acceptors (Lipinski definition) is 3. The van der Waals surface area contributed by atoms with Crippen molar-refractivity contribution in [3.05, 3.63) is 29.6 Å². The van der Waals surface area contributed by atoms with Crippen LogP contribution in [-0.2, 0) is 11.2 Å². The number of carbonyl (C=O) groups is 2. The third-order valence-corrected chi connectivity index (χ3v) is 1.73. The Morgan fingerprint density at radius 3 is 2.79 bits per heavy atom. The van der Waals surface area contributed by atoms with Crippen molar-refractivity contribution in [1.82, 2.24) is 4.98 Å². The topological polar surface area (TPSA) is 93.3 Å². The second kappa shape index (κ2) is 4.36. The van der Waals surface area contributed by atoms with Gasteiger partial charge in [0.25, 0.3) is 5.91 Å². The summed E-state index contributed by atoms with van der Waals surface area (Å²) in [6.07, 6.45) is 1.66. The van der Waals surface area contributed by atoms with Gasteiger partial charge >= 0.3 is 5.97 Å². The molecule has 5 nitrogen and oxygen atoms in total. The molecule has 0 radical (unpaired) electrons. The summed E-state index contributed by atoms with van der Waals surface area (Å²) >= 11 is 0. The molecule has 0 saturated carbocycles. The summed E-state index contributed by atoms with van der Waals surface area (Å²) < 4.78 is 0. The summed E-state index contributed by atoms with van der Waals surface area (Å²) in [5.41, 5.74) is 5.81. The van der Waals surface area contributed by atoms with E-state index in [1.807, 2.05) is 0 Å². The molecule has 0 aromatic carbocycles. The number of aliphatic carboxylic acids is 1. The molecule has 0 unspecified atom stereocenters. The molecule has 74 valence electrons. The smallest absolute Gasteiger partial charge is 0.303 e. The van der Waals surface area contributed by atoms with E-state index in [0.717, 1.165) is 0 Å². The Morgan fingerprint density at radius 2 is 2.21 bits per heavy atom. The molecule has 0 aliphatic carbocycles. The monoisotopic (exact) mass is 194 g/mol. The highest BCUT2D eigenvalue weighted by molar-refractivity contribution is 5.93. The zero-order valence-electron chi connectivity index (χ0n) is 7.43. The van der Waals surface area contributed by atoms with E-state index in [2.05, 4.69) is 4.98 Å². The van der Waals surface area contributed by atoms with Gasteiger partial charge in [-0.1, -0.05) is 0 Å². The van der Waals surface area contributed by atoms with E-state index in [9.17, 15) is 9.59 Å². The van der Waals surface area contributed by atoms with Crippen LogP contribution in [0.25, 0.3) is 0 Å². The Hall–Kier alpha value is -1.91. The molecule has 1 amide bonds. The number of pyridine rings is 1. The summed E-state index contributed by atoms with van der Waals surface area (Å²) in [7, 11) is 0. The van der Waals surface area contributed by atoms with Crippen LogP contribution in [0.1, 0.15) is 22.5 Å². The minimum atomic E-state index is -0.925. The molecule has 1 aromatic heterocycles. The van der Waals surface area contributed by atoms with E-state index in [0.29, 0.717) is 5.69 Å². The molecule has 3 N–H and O–H groups in total. The van der Waals surface area contributed by atoms with Crippen LogP contribution < -0.4 is 5.73 Å². The fourth-order valence-electron chi connectivity index (χ4n) is 1.09. The Kier molecular flexibility index (Phi) is 3.17. The van der Waals surface area contributed by atoms with Crippen LogP contribution in [0.5, 0.6) is 0 Å². The molecule has 0 spiro atoms. The van der Waals surface area contributed by atoms with Crippen LogP contribution in [0.3, 0.4) is 0 Å². The van der Waals surface area contributed by atoms with Gasteiger partial charge in [-0.05, 0) is 12.1 Å². The first-order valence-corrected chi connectivity index (χ1v) is 4.06. The van der Waals surface area contributed by atoms with Gasteiger partial charge in [0.05, 0.1) is 17.7 Å². The molecular weight excluding hydrogens is 184 g/mol. The standard InChI is InChI=1S/C9H10N2O3/c10-9(14)6-2-1-5-11-7(6)3-4-8(12)13/h1-2,5H,3-4H2,(H2,10,14)(H,12,13). The van der Waals surface area contributed by atoms with Crippen molar-refractivity contribution in [1.29, 1.82) is 0 Å². The van der Waals surface area contributed by atoms with Crippen LogP contribution in [0, 0.1) is 0 Å². The van der Waals surface area contributed by atoms with Gasteiger partial charge in [-0.2, -0.15) is 0 Å². The van der Waals surface area contributed by atoms with E-state index in [-0.39, 0.29) is 18.4 Å². The number of hydrogen-bond donors (Lipinski definition) is 2. The van der Waals surface area contributed by atoms with E-state index < -0.39 is 11.9 Å². The number of amides is 1. The maximum absolute atomic E-state index is 10.9. The van der Waals surface area contributed by atoms with Gasteiger partial charge in [0.1, 0.15) is 0 Å². The quantitative estimate of drug-likeness (QED) is 0.715. The highest BCUT2D eigenvalue weighted by atomic mass is 16.4. The Bertz CT molecular complexity index is 363. The molecule has 0 atom stereocenters. The first kappa shape index (κ1) is 10.2. The first-order chi connectivity index (χ1) is 6.61. The number of carboxylic acids is 1. The third kappa shape index (κ3) is 2.55. The van der Waals surface area contributed by atoms with Gasteiger partial charge in [-0.25, -0.2) is 0 Å². The summed E-state index contributed by atoms with van der Waals surface area (Å²) in [5, 5.41) is 8.46. The van der Waals surface area contributed by atoms with Crippen LogP contribution in [0.4, 0.5) is 0 Å². The number of carbonyl (C=O) groups excluding carboxylic acids is 1. The SMILES string of the molecule is NC(=O)c1cccnc1CCC(=O)O. The summed E-state index contributed by atoms with van der Waals surface area (Å²) in [5.74, 6) is -1.51. The van der Waals surface area contributed by atoms with Gasteiger partial charge in [-0.15, -0.1) is 0 Å². The molecule has 0 saturated heterocycles. The lowest BCUT2D eigenvalue weighted by Gasteiger charge is -2.02. The molecule has 14 heavy (non-hydrogen) atoms. The van der Waals surface area contributed by atoms with Crippen molar-refractivity contribution in [3.63, 3.8) is 0 Å². The molecule has 1 rings (SSSR count). The lowest BCUT2D eigenvalue weighted by atomic mass is 10.1. The summed E-state index contributed by atoms with van der Waals surface area (Å²) in [6, 6.07) is 3.12. The fourth-order valence-corrected chi connectivity index (χ4v) is 1.09. The number of rotatable bonds is 4. The number of nitrogens with two attached hydrogens (primary N) is 1. The summed E-state index contributed by atoms with van der Waals surface area (Å²) in [4.78, 5) is 25.1. The highest BCUT2D eigenvalue weighted by Gasteiger charge is 2.09. The molecule has 1 aromatic rings. The molecular formula is C9H10N2O3. The Balaban J connectivity index is 2.84. The average molecular weight is 194 g/mol. The third-order valence-electron chi connectivity index (χ3n) is 1.73. The van der Waals surface area contributed by atoms with Crippen LogP contribution in [0.15, 0.2) is 18.3 Å². The van der Waals surface area contributed by atoms with Gasteiger partial charge in [0, 0.05) is 12.6 Å². The summed E-state index contributed by atoms with van der Waals surface area (Å²) in [6.45, 7) is 0. The lowest BCUT2D eigenvalue weighted by molar-refractivity contribution is -0.136. The number of carboxylic acid groups (broad SMARTS) is 1. The maximum atomic E-state index is 10.9. The van der Waals surface area contributed by atoms with Gasteiger partial charge in [-0.3, -0.25) is 14.6 Å². The molecule has 5 heteroatoms. The normalized spacial score (nSPS) is 9.71. The minimum Gasteiger partial charge on any atom is -0.481 e. The number of primary amides is 1. The molecule has 0 bridgehead atoms. The van der Waals surface area contributed by atoms with Gasteiger partial charge < -0.3 is 10.8 Å². The first-order valence-electron chi connectivity index (χ1n) is 4.06. The highest BCUT2D eigenvalue weighted by Crippen LogP contribution is 2.06. The number of nitrogens with zero attached hydrogens (tertiary/aromatic N) is 1. The van der Waals surface area contributed by atoms with Crippen LogP contribution in [0.2, 0.25) is 0 Å². The zero-order chi connectivity index (χ0) is 10.6. The van der Waals surface area contributed by atoms with Crippen molar-refractivity contribution in [2.24, 2.45) is 5.73 Å². The number of aryl methyl sites for hydroxylation is 1. The average Bonchev–Trinajstić information content (AvgIpc) is 2.15. The molecule has 0 fully saturated rings. The minimum absolute atomic E-state index is 0.0582. The van der Waals surface area contributed by atoms with Crippen molar-refractivity contribution in [2.45, 2.75) is 12.8 Å². The van der Waals surface area contributed by atoms with Gasteiger partial charge in [0.2, 0.25) is 0 Å². The van der Waals surface area contributed by atoms with Crippen LogP contribution in [-0.4, -0.2) is 22.0 Å². The van der Waals surface area contributed by atoms with Gasteiger partial charge in [0.15, 0.2) is 0 Å². The van der Waals surface area contributed by atoms with E-state index >= 15 is 0 Å². The van der Waals surface area contributed by atoms with Crippen LogP contribution >= 0.6 is 0 Å². The predicted molar refractivity (Wildman–Crippen MR) is 48.7 cm³/mol.